The van der Waals surface area contributed by atoms with Crippen LogP contribution in [0.1, 0.15) is 58.3 Å². The van der Waals surface area contributed by atoms with Gasteiger partial charge in [-0.05, 0) is 86.0 Å². The Labute approximate surface area is 318 Å². The average Bonchev–Trinajstić information content (AvgIpc) is 3.67. The number of pyridine rings is 1. The van der Waals surface area contributed by atoms with Gasteiger partial charge in [-0.2, -0.15) is 0 Å². The summed E-state index contributed by atoms with van der Waals surface area (Å²) >= 11 is 1.47. The van der Waals surface area contributed by atoms with Crippen LogP contribution in [-0.4, -0.2) is 82.4 Å². The zero-order valence-corrected chi connectivity index (χ0v) is 31.0. The number of nitrogens with one attached hydrogen (secondary N) is 3. The Kier molecular flexibility index (Phi) is 12.0. The SMILES string of the molecule is O=C(Nc1ccccc1-c1ccccc1)OC1CCN(CCC2CCN(C(=O)c3ccc(CNC[C@@H](O)c4ccc(O)c5[nH]c(=O)ccc45)s3)CC2)CC1. The number of aliphatic hydroxyl groups is 1. The van der Waals surface area contributed by atoms with Gasteiger partial charge in [0.15, 0.2) is 0 Å². The van der Waals surface area contributed by atoms with Gasteiger partial charge < -0.3 is 35.1 Å². The molecule has 0 radical (unpaired) electrons. The van der Waals surface area contributed by atoms with Gasteiger partial charge in [0.1, 0.15) is 11.9 Å². The van der Waals surface area contributed by atoms with Crippen molar-refractivity contribution < 1.29 is 24.5 Å². The summed E-state index contributed by atoms with van der Waals surface area (Å²) in [5.41, 5.74) is 3.33. The van der Waals surface area contributed by atoms with E-state index in [1.807, 2.05) is 71.6 Å². The molecule has 0 aliphatic carbocycles. The van der Waals surface area contributed by atoms with Gasteiger partial charge in [0, 0.05) is 61.2 Å². The number of aromatic amines is 1. The Morgan fingerprint density at radius 3 is 2.44 bits per heavy atom. The van der Waals surface area contributed by atoms with E-state index in [4.69, 9.17) is 4.74 Å². The largest absolute Gasteiger partial charge is 0.506 e. The molecule has 2 aliphatic rings. The van der Waals surface area contributed by atoms with E-state index >= 15 is 0 Å². The molecule has 0 spiro atoms. The molecule has 1 atom stereocenters. The number of fused-ring (bicyclic) bond motifs is 1. The number of phenolic OH excluding ortho intramolecular Hbond substituents is 1. The van der Waals surface area contributed by atoms with Gasteiger partial charge in [-0.15, -0.1) is 11.3 Å². The van der Waals surface area contributed by atoms with E-state index in [9.17, 15) is 24.6 Å². The third-order valence-corrected chi connectivity index (χ3v) is 11.7. The summed E-state index contributed by atoms with van der Waals surface area (Å²) in [4.78, 5) is 46.6. The maximum absolute atomic E-state index is 13.3. The molecule has 0 bridgehead atoms. The molecule has 7 rings (SSSR count). The van der Waals surface area contributed by atoms with Crippen molar-refractivity contribution in [1.82, 2.24) is 20.1 Å². The van der Waals surface area contributed by atoms with Crippen LogP contribution in [0.5, 0.6) is 5.75 Å². The van der Waals surface area contributed by atoms with Gasteiger partial charge in [0.05, 0.1) is 22.2 Å². The first-order valence-electron chi connectivity index (χ1n) is 18.8. The number of ether oxygens (including phenoxy) is 1. The Hall–Kier alpha value is -5.01. The molecule has 11 nitrogen and oxygen atoms in total. The Bertz CT molecular complexity index is 2100. The van der Waals surface area contributed by atoms with Gasteiger partial charge in [-0.25, -0.2) is 4.79 Å². The number of amides is 2. The number of aromatic hydroxyl groups is 1. The number of piperidine rings is 2. The fourth-order valence-corrected chi connectivity index (χ4v) is 8.47. The molecule has 2 amide bonds. The Morgan fingerprint density at radius 1 is 0.889 bits per heavy atom. The maximum Gasteiger partial charge on any atom is 0.411 e. The standard InChI is InChI=1S/C42H47N5O6S/c48-36-13-11-33(34-12-15-39(50)45-40(34)36)37(49)27-43-26-31-10-14-38(54-31)41(51)47-24-17-28(18-25-47)16-21-46-22-19-30(20-23-46)53-42(52)44-35-9-5-4-8-32(35)29-6-2-1-3-7-29/h1-15,28,30,37,43,48-49H,16-27H2,(H,44,52)(H,45,50)/t37-/m1/s1. The van der Waals surface area contributed by atoms with Crippen LogP contribution in [0, 0.1) is 5.92 Å². The van der Waals surface area contributed by atoms with Gasteiger partial charge in [0.2, 0.25) is 5.56 Å². The number of para-hydroxylation sites is 1. The molecule has 12 heteroatoms. The maximum atomic E-state index is 13.3. The molecule has 54 heavy (non-hydrogen) atoms. The van der Waals surface area contributed by atoms with Gasteiger partial charge in [-0.1, -0.05) is 54.6 Å². The molecular formula is C42H47N5O6S. The zero-order chi connectivity index (χ0) is 37.4. The number of nitrogens with zero attached hydrogens (tertiary/aromatic N) is 2. The number of hydrogen-bond acceptors (Lipinski definition) is 9. The fraction of sp³-hybridized carbons (Fsp3) is 0.357. The number of hydrogen-bond donors (Lipinski definition) is 5. The normalized spacial score (nSPS) is 16.4. The number of carbonyl (C=O) groups is 2. The van der Waals surface area contributed by atoms with Gasteiger partial charge >= 0.3 is 6.09 Å². The molecular weight excluding hydrogens is 703 g/mol. The number of thiophene rings is 1. The van der Waals surface area contributed by atoms with E-state index in [-0.39, 0.29) is 29.9 Å². The summed E-state index contributed by atoms with van der Waals surface area (Å²) in [6.45, 7) is 5.10. The smallest absolute Gasteiger partial charge is 0.411 e. The van der Waals surface area contributed by atoms with Crippen LogP contribution in [-0.2, 0) is 11.3 Å². The number of phenols is 1. The lowest BCUT2D eigenvalue weighted by Gasteiger charge is -2.35. The summed E-state index contributed by atoms with van der Waals surface area (Å²) < 4.78 is 5.82. The second-order valence-electron chi connectivity index (χ2n) is 14.2. The monoisotopic (exact) mass is 749 g/mol. The molecule has 3 aromatic carbocycles. The second kappa shape index (κ2) is 17.4. The lowest BCUT2D eigenvalue weighted by Crippen LogP contribution is -2.41. The first-order chi connectivity index (χ1) is 26.3. The van der Waals surface area contributed by atoms with Crippen molar-refractivity contribution in [3.05, 3.63) is 117 Å². The van der Waals surface area contributed by atoms with Crippen molar-refractivity contribution in [2.45, 2.75) is 50.9 Å². The second-order valence-corrected chi connectivity index (χ2v) is 15.4. The Balaban J connectivity index is 0.792. The summed E-state index contributed by atoms with van der Waals surface area (Å²) in [5.74, 6) is 0.610. The molecule has 0 unspecified atom stereocenters. The topological polar surface area (TPSA) is 147 Å². The lowest BCUT2D eigenvalue weighted by atomic mass is 9.93. The van der Waals surface area contributed by atoms with Crippen LogP contribution >= 0.6 is 11.3 Å². The average molecular weight is 750 g/mol. The van der Waals surface area contributed by atoms with Crippen LogP contribution in [0.2, 0.25) is 0 Å². The van der Waals surface area contributed by atoms with Gasteiger partial charge in [0.25, 0.3) is 5.91 Å². The highest BCUT2D eigenvalue weighted by molar-refractivity contribution is 7.14. The molecule has 2 fully saturated rings. The van der Waals surface area contributed by atoms with Crippen LogP contribution in [0.3, 0.4) is 0 Å². The fourth-order valence-electron chi connectivity index (χ4n) is 7.53. The zero-order valence-electron chi connectivity index (χ0n) is 30.2. The van der Waals surface area contributed by atoms with E-state index in [2.05, 4.69) is 20.5 Å². The number of benzene rings is 3. The predicted octanol–water partition coefficient (Wildman–Crippen LogP) is 6.74. The van der Waals surface area contributed by atoms with Crippen molar-refractivity contribution in [1.29, 1.82) is 0 Å². The van der Waals surface area contributed by atoms with E-state index in [0.29, 0.717) is 28.9 Å². The quantitative estimate of drug-likeness (QED) is 0.0943. The molecule has 0 saturated carbocycles. The first-order valence-corrected chi connectivity index (χ1v) is 19.6. The summed E-state index contributed by atoms with van der Waals surface area (Å²) in [7, 11) is 0. The van der Waals surface area contributed by atoms with E-state index in [0.717, 1.165) is 91.4 Å². The summed E-state index contributed by atoms with van der Waals surface area (Å²) in [6, 6.07) is 27.7. The minimum absolute atomic E-state index is 0.0452. The van der Waals surface area contributed by atoms with Gasteiger partial charge in [-0.3, -0.25) is 14.9 Å². The number of aromatic nitrogens is 1. The van der Waals surface area contributed by atoms with Crippen molar-refractivity contribution in [3.8, 4) is 16.9 Å². The van der Waals surface area contributed by atoms with E-state index < -0.39 is 12.2 Å². The molecule has 5 aromatic rings. The van der Waals surface area contributed by atoms with Crippen molar-refractivity contribution in [2.75, 3.05) is 44.6 Å². The van der Waals surface area contributed by atoms with Crippen LogP contribution in [0.4, 0.5) is 10.5 Å². The summed E-state index contributed by atoms with van der Waals surface area (Å²) in [5, 5.41) is 27.8. The molecule has 2 aliphatic heterocycles. The molecule has 5 N–H and O–H groups in total. The van der Waals surface area contributed by atoms with E-state index in [1.54, 1.807) is 12.1 Å². The molecule has 2 saturated heterocycles. The molecule has 2 aromatic heterocycles. The number of aliphatic hydroxyl groups excluding tert-OH is 1. The third-order valence-electron chi connectivity index (χ3n) is 10.6. The minimum atomic E-state index is -0.852. The number of anilines is 1. The minimum Gasteiger partial charge on any atom is -0.506 e. The highest BCUT2D eigenvalue weighted by atomic mass is 32.1. The number of H-pyrrole nitrogens is 1. The third kappa shape index (κ3) is 9.19. The lowest BCUT2D eigenvalue weighted by molar-refractivity contribution is 0.0548. The first kappa shape index (κ1) is 37.3. The number of rotatable bonds is 12. The van der Waals surface area contributed by atoms with Crippen LogP contribution in [0.15, 0.2) is 95.8 Å². The molecule has 4 heterocycles. The number of carbonyl (C=O) groups excluding carboxylic acids is 2. The molecule has 282 valence electrons. The van der Waals surface area contributed by atoms with Crippen molar-refractivity contribution >= 4 is 39.9 Å². The van der Waals surface area contributed by atoms with Crippen LogP contribution < -0.4 is 16.2 Å². The summed E-state index contributed by atoms with van der Waals surface area (Å²) in [6.07, 6.45) is 3.36. The highest BCUT2D eigenvalue weighted by Crippen LogP contribution is 2.30. The van der Waals surface area contributed by atoms with Crippen molar-refractivity contribution in [2.24, 2.45) is 5.92 Å². The highest BCUT2D eigenvalue weighted by Gasteiger charge is 2.27. The predicted molar refractivity (Wildman–Crippen MR) is 212 cm³/mol. The van der Waals surface area contributed by atoms with Crippen LogP contribution in [0.25, 0.3) is 22.0 Å². The van der Waals surface area contributed by atoms with E-state index in [1.165, 1.54) is 23.5 Å². The van der Waals surface area contributed by atoms with Crippen molar-refractivity contribution in [3.63, 3.8) is 0 Å². The number of likely N-dealkylation sites (tertiary alicyclic amines) is 2. The Morgan fingerprint density at radius 2 is 1.65 bits per heavy atom.